The van der Waals surface area contributed by atoms with Crippen LogP contribution in [-0.2, 0) is 25.4 Å². The van der Waals surface area contributed by atoms with Gasteiger partial charge in [0.05, 0.1) is 16.9 Å². The molecule has 1 aliphatic heterocycles. The van der Waals surface area contributed by atoms with Gasteiger partial charge in [-0.2, -0.15) is 0 Å². The molecule has 2 aromatic carbocycles. The molecule has 6 heteroatoms. The number of aromatic amines is 1. The molecule has 1 aliphatic rings. The van der Waals surface area contributed by atoms with Crippen molar-refractivity contribution in [3.63, 3.8) is 0 Å². The maximum absolute atomic E-state index is 5.05. The van der Waals surface area contributed by atoms with Crippen LogP contribution in [0.15, 0.2) is 48.7 Å². The van der Waals surface area contributed by atoms with Crippen LogP contribution >= 0.6 is 0 Å². The summed E-state index contributed by atoms with van der Waals surface area (Å²) < 4.78 is 2.20. The van der Waals surface area contributed by atoms with Crippen molar-refractivity contribution in [1.82, 2.24) is 24.4 Å². The van der Waals surface area contributed by atoms with E-state index in [2.05, 4.69) is 103 Å². The zero-order valence-corrected chi connectivity index (χ0v) is 22.5. The van der Waals surface area contributed by atoms with Crippen LogP contribution in [0, 0.1) is 0 Å². The van der Waals surface area contributed by atoms with Crippen molar-refractivity contribution in [3.05, 3.63) is 65.7 Å². The van der Waals surface area contributed by atoms with Gasteiger partial charge in [-0.05, 0) is 29.5 Å². The minimum absolute atomic E-state index is 0.148. The molecule has 4 aromatic rings. The van der Waals surface area contributed by atoms with Crippen LogP contribution < -0.4 is 4.90 Å². The third-order valence-corrected chi connectivity index (χ3v) is 7.39. The van der Waals surface area contributed by atoms with Crippen molar-refractivity contribution < 1.29 is 0 Å². The van der Waals surface area contributed by atoms with E-state index in [9.17, 15) is 0 Å². The normalized spacial score (nSPS) is 15.2. The molecule has 0 saturated carbocycles. The monoisotopic (exact) mass is 484 g/mol. The Hall–Kier alpha value is -3.12. The van der Waals surface area contributed by atoms with Gasteiger partial charge < -0.3 is 14.5 Å². The number of H-pyrrole nitrogens is 1. The van der Waals surface area contributed by atoms with Crippen molar-refractivity contribution in [1.29, 1.82) is 0 Å². The first kappa shape index (κ1) is 24.6. The van der Waals surface area contributed by atoms with Crippen LogP contribution in [0.3, 0.4) is 0 Å². The molecule has 0 spiro atoms. The van der Waals surface area contributed by atoms with E-state index >= 15 is 0 Å². The van der Waals surface area contributed by atoms with Gasteiger partial charge in [-0.3, -0.25) is 4.90 Å². The lowest BCUT2D eigenvalue weighted by atomic mass is 9.87. The minimum Gasteiger partial charge on any atom is -0.367 e. The Morgan fingerprint density at radius 1 is 0.944 bits per heavy atom. The number of piperazine rings is 1. The number of unbranched alkanes of at least 4 members (excludes halogenated alkanes) is 1. The quantitative estimate of drug-likeness (QED) is 0.353. The van der Waals surface area contributed by atoms with Crippen LogP contribution in [-0.4, -0.2) is 50.6 Å². The maximum Gasteiger partial charge on any atom is 0.138 e. The number of aryl methyl sites for hydroxylation is 2. The van der Waals surface area contributed by atoms with Gasteiger partial charge >= 0.3 is 0 Å². The van der Waals surface area contributed by atoms with Crippen molar-refractivity contribution in [2.24, 2.45) is 7.05 Å². The molecule has 1 saturated heterocycles. The summed E-state index contributed by atoms with van der Waals surface area (Å²) in [5, 5.41) is 0. The van der Waals surface area contributed by atoms with E-state index in [1.807, 2.05) is 0 Å². The van der Waals surface area contributed by atoms with Crippen LogP contribution in [0.5, 0.6) is 0 Å². The molecular formula is C30H40N6. The van der Waals surface area contributed by atoms with Crippen molar-refractivity contribution in [2.45, 2.75) is 58.9 Å². The molecule has 0 aliphatic carbocycles. The molecule has 0 atom stereocenters. The molecule has 0 radical (unpaired) electrons. The highest BCUT2D eigenvalue weighted by Gasteiger charge is 2.21. The molecular weight excluding hydrogens is 444 g/mol. The van der Waals surface area contributed by atoms with E-state index in [0.29, 0.717) is 0 Å². The van der Waals surface area contributed by atoms with Crippen molar-refractivity contribution in [2.75, 3.05) is 31.1 Å². The highest BCUT2D eigenvalue weighted by molar-refractivity contribution is 5.91. The second kappa shape index (κ2) is 10.1. The molecule has 2 aromatic heterocycles. The number of benzene rings is 2. The van der Waals surface area contributed by atoms with Gasteiger partial charge in [0.25, 0.3) is 0 Å². The van der Waals surface area contributed by atoms with Crippen LogP contribution in [0.4, 0.5) is 5.69 Å². The van der Waals surface area contributed by atoms with Gasteiger partial charge in [-0.1, -0.05) is 64.4 Å². The van der Waals surface area contributed by atoms with Crippen LogP contribution in [0.1, 0.15) is 57.6 Å². The Bertz CT molecular complexity index is 1300. The number of para-hydroxylation sites is 1. The fraction of sp³-hybridized carbons (Fsp3) is 0.467. The van der Waals surface area contributed by atoms with E-state index in [-0.39, 0.29) is 5.41 Å². The van der Waals surface area contributed by atoms with Crippen molar-refractivity contribution in [3.8, 4) is 11.4 Å². The fourth-order valence-corrected chi connectivity index (χ4v) is 5.13. The summed E-state index contributed by atoms with van der Waals surface area (Å²) in [7, 11) is 2.12. The number of nitrogens with one attached hydrogen (secondary N) is 1. The molecule has 1 fully saturated rings. The smallest absolute Gasteiger partial charge is 0.138 e. The van der Waals surface area contributed by atoms with E-state index < -0.39 is 0 Å². The number of rotatable bonds is 7. The number of fused-ring (bicyclic) bond motifs is 1. The predicted octanol–water partition coefficient (Wildman–Crippen LogP) is 5.93. The van der Waals surface area contributed by atoms with Crippen LogP contribution in [0.25, 0.3) is 22.4 Å². The Labute approximate surface area is 215 Å². The Kier molecular flexibility index (Phi) is 6.89. The molecule has 0 bridgehead atoms. The zero-order valence-electron chi connectivity index (χ0n) is 22.5. The van der Waals surface area contributed by atoms with E-state index in [1.165, 1.54) is 35.6 Å². The van der Waals surface area contributed by atoms with Gasteiger partial charge in [0.15, 0.2) is 0 Å². The average Bonchev–Trinajstić information content (AvgIpc) is 3.45. The topological polar surface area (TPSA) is 53.0 Å². The summed E-state index contributed by atoms with van der Waals surface area (Å²) in [4.78, 5) is 18.5. The van der Waals surface area contributed by atoms with E-state index in [0.717, 1.165) is 61.6 Å². The molecule has 0 unspecified atom stereocenters. The summed E-state index contributed by atoms with van der Waals surface area (Å²) in [6.45, 7) is 14.0. The summed E-state index contributed by atoms with van der Waals surface area (Å²) in [5.74, 6) is 2.14. The fourth-order valence-electron chi connectivity index (χ4n) is 5.13. The van der Waals surface area contributed by atoms with Gasteiger partial charge in [-0.15, -0.1) is 0 Å². The highest BCUT2D eigenvalue weighted by atomic mass is 15.3. The lowest BCUT2D eigenvalue weighted by Gasteiger charge is -2.35. The van der Waals surface area contributed by atoms with Gasteiger partial charge in [0.1, 0.15) is 17.2 Å². The first-order valence-electron chi connectivity index (χ1n) is 13.4. The Morgan fingerprint density at radius 2 is 1.69 bits per heavy atom. The highest BCUT2D eigenvalue weighted by Crippen LogP contribution is 2.30. The van der Waals surface area contributed by atoms with Gasteiger partial charge in [0, 0.05) is 58.0 Å². The third kappa shape index (κ3) is 5.19. The number of hydrogen-bond acceptors (Lipinski definition) is 4. The van der Waals surface area contributed by atoms with Crippen LogP contribution in [0.2, 0.25) is 0 Å². The molecule has 36 heavy (non-hydrogen) atoms. The first-order valence-corrected chi connectivity index (χ1v) is 13.4. The molecule has 5 rings (SSSR count). The third-order valence-electron chi connectivity index (χ3n) is 7.39. The summed E-state index contributed by atoms with van der Waals surface area (Å²) >= 11 is 0. The number of imidazole rings is 2. The Balaban J connectivity index is 1.27. The zero-order chi connectivity index (χ0) is 25.3. The summed E-state index contributed by atoms with van der Waals surface area (Å²) in [5.41, 5.74) is 7.18. The molecule has 190 valence electrons. The average molecular weight is 485 g/mol. The number of anilines is 1. The Morgan fingerprint density at radius 3 is 2.39 bits per heavy atom. The van der Waals surface area contributed by atoms with Crippen molar-refractivity contribution >= 4 is 16.7 Å². The molecule has 1 N–H and O–H groups in total. The van der Waals surface area contributed by atoms with Gasteiger partial charge in [-0.25, -0.2) is 9.97 Å². The largest absolute Gasteiger partial charge is 0.367 e. The summed E-state index contributed by atoms with van der Waals surface area (Å²) in [6.07, 6.45) is 5.68. The SMILES string of the molecule is CCCCc1nc(CN2CCN(c3cccc4[nH]c(-c5ccc(C(C)(C)C)cc5)nc34)CC2)cn1C. The number of hydrogen-bond donors (Lipinski definition) is 1. The molecule has 3 heterocycles. The standard InChI is InChI=1S/C30H40N6/c1-6-7-11-27-31-24(20-34(27)5)21-35-16-18-36(19-17-35)26-10-8-9-25-28(26)33-29(32-25)22-12-14-23(15-13-22)30(2,3)4/h8-10,12-15,20H,6-7,11,16-19,21H2,1-5H3,(H,32,33). The minimum atomic E-state index is 0.148. The maximum atomic E-state index is 5.05. The lowest BCUT2D eigenvalue weighted by molar-refractivity contribution is 0.247. The van der Waals surface area contributed by atoms with E-state index in [4.69, 9.17) is 9.97 Å². The molecule has 6 nitrogen and oxygen atoms in total. The second-order valence-corrected chi connectivity index (χ2v) is 11.2. The lowest BCUT2D eigenvalue weighted by Crippen LogP contribution is -2.46. The molecule has 0 amide bonds. The number of nitrogens with zero attached hydrogens (tertiary/aromatic N) is 5. The predicted molar refractivity (Wildman–Crippen MR) is 150 cm³/mol. The second-order valence-electron chi connectivity index (χ2n) is 11.2. The van der Waals surface area contributed by atoms with Gasteiger partial charge in [0.2, 0.25) is 0 Å². The first-order chi connectivity index (χ1) is 17.3. The number of aromatic nitrogens is 4. The summed E-state index contributed by atoms with van der Waals surface area (Å²) in [6, 6.07) is 15.3. The van der Waals surface area contributed by atoms with E-state index in [1.54, 1.807) is 0 Å².